The molecular weight excluding hydrogens is 260 g/mol. The molecule has 0 aromatic carbocycles. The van der Waals surface area contributed by atoms with Gasteiger partial charge in [-0.1, -0.05) is 26.2 Å². The third-order valence-corrected chi connectivity index (χ3v) is 5.00. The Morgan fingerprint density at radius 3 is 2.52 bits per heavy atom. The van der Waals surface area contributed by atoms with Crippen LogP contribution in [0.25, 0.3) is 0 Å². The van der Waals surface area contributed by atoms with E-state index in [0.717, 1.165) is 18.9 Å². The summed E-state index contributed by atoms with van der Waals surface area (Å²) in [5.74, 6) is 1.59. The Labute approximate surface area is 130 Å². The molecule has 21 heavy (non-hydrogen) atoms. The van der Waals surface area contributed by atoms with Crippen LogP contribution < -0.4 is 11.1 Å². The first-order chi connectivity index (χ1) is 10.2. The third-order valence-electron chi connectivity index (χ3n) is 5.00. The van der Waals surface area contributed by atoms with Gasteiger partial charge in [-0.2, -0.15) is 0 Å². The minimum absolute atomic E-state index is 0.567. The highest BCUT2D eigenvalue weighted by molar-refractivity contribution is 5.78. The van der Waals surface area contributed by atoms with E-state index >= 15 is 0 Å². The van der Waals surface area contributed by atoms with Crippen LogP contribution in [-0.4, -0.2) is 43.1 Å². The first kappa shape index (κ1) is 16.6. The summed E-state index contributed by atoms with van der Waals surface area (Å²) in [5, 5.41) is 3.38. The van der Waals surface area contributed by atoms with Crippen LogP contribution in [0.2, 0.25) is 0 Å². The molecule has 122 valence electrons. The summed E-state index contributed by atoms with van der Waals surface area (Å²) < 4.78 is 0. The molecule has 3 N–H and O–H groups in total. The van der Waals surface area contributed by atoms with E-state index < -0.39 is 0 Å². The van der Waals surface area contributed by atoms with Crippen molar-refractivity contribution < 1.29 is 0 Å². The lowest BCUT2D eigenvalue weighted by Crippen LogP contribution is -2.41. The van der Waals surface area contributed by atoms with Crippen molar-refractivity contribution in [2.24, 2.45) is 16.6 Å². The zero-order chi connectivity index (χ0) is 14.9. The lowest BCUT2D eigenvalue weighted by Gasteiger charge is -2.30. The number of likely N-dealkylation sites (tertiary alicyclic amines) is 1. The molecular formula is C17H34N4. The Morgan fingerprint density at radius 2 is 1.81 bits per heavy atom. The number of hydrogen-bond donors (Lipinski definition) is 2. The molecule has 0 spiro atoms. The highest BCUT2D eigenvalue weighted by Crippen LogP contribution is 2.17. The molecule has 0 atom stereocenters. The number of piperidine rings is 1. The molecule has 1 saturated carbocycles. The van der Waals surface area contributed by atoms with Gasteiger partial charge in [0, 0.05) is 12.6 Å². The SMILES string of the molecule is CC1CCN(CCCCN=C(N)NC2CCCCC2)CC1. The fourth-order valence-corrected chi connectivity index (χ4v) is 3.43. The van der Waals surface area contributed by atoms with Gasteiger partial charge in [0.15, 0.2) is 5.96 Å². The van der Waals surface area contributed by atoms with Gasteiger partial charge in [0.25, 0.3) is 0 Å². The second-order valence-electron chi connectivity index (χ2n) is 6.98. The maximum atomic E-state index is 5.97. The average Bonchev–Trinajstić information content (AvgIpc) is 2.50. The van der Waals surface area contributed by atoms with E-state index in [2.05, 4.69) is 22.1 Å². The van der Waals surface area contributed by atoms with Crippen molar-refractivity contribution in [3.8, 4) is 0 Å². The minimum Gasteiger partial charge on any atom is -0.370 e. The Morgan fingerprint density at radius 1 is 1.10 bits per heavy atom. The van der Waals surface area contributed by atoms with E-state index in [1.54, 1.807) is 0 Å². The summed E-state index contributed by atoms with van der Waals surface area (Å²) in [6, 6.07) is 0.567. The van der Waals surface area contributed by atoms with Gasteiger partial charge in [-0.15, -0.1) is 0 Å². The van der Waals surface area contributed by atoms with E-state index in [0.29, 0.717) is 12.0 Å². The van der Waals surface area contributed by atoms with Crippen LogP contribution in [0.5, 0.6) is 0 Å². The molecule has 4 nitrogen and oxygen atoms in total. The van der Waals surface area contributed by atoms with Crippen LogP contribution >= 0.6 is 0 Å². The van der Waals surface area contributed by atoms with Crippen molar-refractivity contribution in [3.63, 3.8) is 0 Å². The Hall–Kier alpha value is -0.770. The summed E-state index contributed by atoms with van der Waals surface area (Å²) >= 11 is 0. The van der Waals surface area contributed by atoms with E-state index in [9.17, 15) is 0 Å². The van der Waals surface area contributed by atoms with E-state index in [4.69, 9.17) is 5.73 Å². The lowest BCUT2D eigenvalue weighted by molar-refractivity contribution is 0.190. The maximum absolute atomic E-state index is 5.97. The predicted octanol–water partition coefficient (Wildman–Crippen LogP) is 2.74. The second kappa shape index (κ2) is 9.29. The highest BCUT2D eigenvalue weighted by Gasteiger charge is 2.15. The molecule has 1 heterocycles. The zero-order valence-corrected chi connectivity index (χ0v) is 13.8. The summed E-state index contributed by atoms with van der Waals surface area (Å²) in [7, 11) is 0. The summed E-state index contributed by atoms with van der Waals surface area (Å²) in [5.41, 5.74) is 5.97. The molecule has 0 radical (unpaired) electrons. The van der Waals surface area contributed by atoms with Crippen molar-refractivity contribution in [1.29, 1.82) is 0 Å². The maximum Gasteiger partial charge on any atom is 0.188 e. The van der Waals surface area contributed by atoms with Gasteiger partial charge < -0.3 is 16.0 Å². The van der Waals surface area contributed by atoms with Gasteiger partial charge >= 0.3 is 0 Å². The van der Waals surface area contributed by atoms with Crippen LogP contribution in [0.4, 0.5) is 0 Å². The molecule has 1 aliphatic heterocycles. The molecule has 0 bridgehead atoms. The number of rotatable bonds is 6. The first-order valence-electron chi connectivity index (χ1n) is 9.03. The molecule has 0 aromatic heterocycles. The van der Waals surface area contributed by atoms with Gasteiger partial charge in [0.1, 0.15) is 0 Å². The first-order valence-corrected chi connectivity index (χ1v) is 9.03. The molecule has 4 heteroatoms. The van der Waals surface area contributed by atoms with E-state index in [1.165, 1.54) is 71.0 Å². The molecule has 0 aromatic rings. The number of nitrogens with zero attached hydrogens (tertiary/aromatic N) is 2. The fourth-order valence-electron chi connectivity index (χ4n) is 3.43. The Balaban J connectivity index is 1.50. The van der Waals surface area contributed by atoms with Crippen LogP contribution in [-0.2, 0) is 0 Å². The third kappa shape index (κ3) is 6.68. The lowest BCUT2D eigenvalue weighted by atomic mass is 9.96. The van der Waals surface area contributed by atoms with Crippen molar-refractivity contribution in [2.75, 3.05) is 26.2 Å². The van der Waals surface area contributed by atoms with Gasteiger partial charge in [-0.25, -0.2) is 0 Å². The van der Waals surface area contributed by atoms with Crippen molar-refractivity contribution in [3.05, 3.63) is 0 Å². The van der Waals surface area contributed by atoms with E-state index in [1.807, 2.05) is 0 Å². The van der Waals surface area contributed by atoms with Crippen LogP contribution in [0.3, 0.4) is 0 Å². The standard InChI is InChI=1S/C17H34N4/c1-15-9-13-21(14-10-15)12-6-5-11-19-17(18)20-16-7-3-2-4-8-16/h15-16H,2-14H2,1H3,(H3,18,19,20). The zero-order valence-electron chi connectivity index (χ0n) is 13.8. The normalized spacial score (nSPS) is 23.4. The van der Waals surface area contributed by atoms with Gasteiger partial charge in [0.05, 0.1) is 0 Å². The number of nitrogens with one attached hydrogen (secondary N) is 1. The topological polar surface area (TPSA) is 53.6 Å². The van der Waals surface area contributed by atoms with Crippen LogP contribution in [0.1, 0.15) is 64.7 Å². The van der Waals surface area contributed by atoms with E-state index in [-0.39, 0.29) is 0 Å². The largest absolute Gasteiger partial charge is 0.370 e. The smallest absolute Gasteiger partial charge is 0.188 e. The summed E-state index contributed by atoms with van der Waals surface area (Å²) in [4.78, 5) is 7.08. The van der Waals surface area contributed by atoms with Crippen LogP contribution in [0, 0.1) is 5.92 Å². The fraction of sp³-hybridized carbons (Fsp3) is 0.941. The number of guanidine groups is 1. The number of unbranched alkanes of at least 4 members (excludes halogenated alkanes) is 1. The highest BCUT2D eigenvalue weighted by atomic mass is 15.1. The minimum atomic E-state index is 0.567. The Kier molecular flexibility index (Phi) is 7.34. The number of nitrogens with two attached hydrogens (primary N) is 1. The molecule has 2 fully saturated rings. The summed E-state index contributed by atoms with van der Waals surface area (Å²) in [6.45, 7) is 7.05. The Bertz CT molecular complexity index is 302. The molecule has 2 aliphatic rings. The predicted molar refractivity (Wildman–Crippen MR) is 90.6 cm³/mol. The summed E-state index contributed by atoms with van der Waals surface area (Å²) in [6.07, 6.45) is 11.7. The monoisotopic (exact) mass is 294 g/mol. The van der Waals surface area contributed by atoms with Gasteiger partial charge in [0.2, 0.25) is 0 Å². The molecule has 0 unspecified atom stereocenters. The average molecular weight is 294 g/mol. The number of hydrogen-bond acceptors (Lipinski definition) is 2. The van der Waals surface area contributed by atoms with Crippen LogP contribution in [0.15, 0.2) is 4.99 Å². The van der Waals surface area contributed by atoms with Crippen molar-refractivity contribution in [2.45, 2.75) is 70.8 Å². The molecule has 2 rings (SSSR count). The van der Waals surface area contributed by atoms with Crippen molar-refractivity contribution in [1.82, 2.24) is 10.2 Å². The van der Waals surface area contributed by atoms with Crippen molar-refractivity contribution >= 4 is 5.96 Å². The van der Waals surface area contributed by atoms with Gasteiger partial charge in [-0.3, -0.25) is 4.99 Å². The quantitative estimate of drug-likeness (QED) is 0.450. The second-order valence-corrected chi connectivity index (χ2v) is 6.98. The molecule has 0 amide bonds. The number of aliphatic imine (C=N–C) groups is 1. The molecule has 1 saturated heterocycles. The molecule has 1 aliphatic carbocycles. The van der Waals surface area contributed by atoms with Gasteiger partial charge in [-0.05, 0) is 64.1 Å².